The molecule has 0 saturated carbocycles. The summed E-state index contributed by atoms with van der Waals surface area (Å²) in [5.41, 5.74) is 1.82. The molecule has 0 aliphatic heterocycles. The predicted molar refractivity (Wildman–Crippen MR) is 109 cm³/mol. The van der Waals surface area contributed by atoms with E-state index < -0.39 is 0 Å². The Morgan fingerprint density at radius 1 is 1.00 bits per heavy atom. The summed E-state index contributed by atoms with van der Waals surface area (Å²) >= 11 is 0. The average molecular weight is 394 g/mol. The van der Waals surface area contributed by atoms with Crippen molar-refractivity contribution in [1.82, 2.24) is 5.32 Å². The van der Waals surface area contributed by atoms with Crippen molar-refractivity contribution in [3.8, 4) is 11.5 Å². The van der Waals surface area contributed by atoms with E-state index in [0.717, 1.165) is 5.56 Å². The minimum atomic E-state index is -0.373. The minimum Gasteiger partial charge on any atom is -0.497 e. The number of ether oxygens (including phenoxy) is 2. The highest BCUT2D eigenvalue weighted by Crippen LogP contribution is 2.19. The Labute approximate surface area is 168 Å². The van der Waals surface area contributed by atoms with Crippen LogP contribution in [0.1, 0.15) is 26.5 Å². The molecule has 0 spiro atoms. The van der Waals surface area contributed by atoms with Gasteiger partial charge in [0.05, 0.1) is 19.9 Å². The van der Waals surface area contributed by atoms with Crippen LogP contribution in [-0.4, -0.2) is 32.1 Å². The highest BCUT2D eigenvalue weighted by atomic mass is 16.5. The topological polar surface area (TPSA) is 89.8 Å². The molecule has 3 rings (SSSR count). The van der Waals surface area contributed by atoms with Gasteiger partial charge in [0, 0.05) is 17.3 Å². The average Bonchev–Trinajstić information content (AvgIpc) is 3.28. The molecule has 7 heteroatoms. The molecule has 0 fully saturated rings. The third-order valence-corrected chi connectivity index (χ3v) is 4.19. The van der Waals surface area contributed by atoms with Gasteiger partial charge in [0.15, 0.2) is 5.76 Å². The zero-order chi connectivity index (χ0) is 20.6. The number of furan rings is 1. The first kappa shape index (κ1) is 20.0. The summed E-state index contributed by atoms with van der Waals surface area (Å²) in [5, 5.41) is 5.56. The molecule has 2 N–H and O–H groups in total. The first-order chi connectivity index (χ1) is 14.1. The number of carbonyl (C=O) groups is 2. The fourth-order valence-corrected chi connectivity index (χ4v) is 2.62. The molecule has 3 aromatic rings. The summed E-state index contributed by atoms with van der Waals surface area (Å²) in [5.74, 6) is 0.941. The summed E-state index contributed by atoms with van der Waals surface area (Å²) in [6.45, 7) is 2.49. The summed E-state index contributed by atoms with van der Waals surface area (Å²) < 4.78 is 15.8. The maximum absolute atomic E-state index is 12.4. The van der Waals surface area contributed by atoms with Gasteiger partial charge >= 0.3 is 0 Å². The van der Waals surface area contributed by atoms with Crippen molar-refractivity contribution in [2.24, 2.45) is 0 Å². The van der Waals surface area contributed by atoms with E-state index in [0.29, 0.717) is 35.9 Å². The minimum absolute atomic E-state index is 0.203. The van der Waals surface area contributed by atoms with Crippen LogP contribution >= 0.6 is 0 Å². The van der Waals surface area contributed by atoms with Crippen molar-refractivity contribution in [2.45, 2.75) is 6.92 Å². The van der Waals surface area contributed by atoms with Crippen LogP contribution < -0.4 is 20.1 Å². The monoisotopic (exact) mass is 394 g/mol. The molecule has 1 aromatic heterocycles. The fraction of sp³-hybridized carbons (Fsp3) is 0.182. The highest BCUT2D eigenvalue weighted by molar-refractivity contribution is 6.03. The van der Waals surface area contributed by atoms with E-state index in [2.05, 4.69) is 10.6 Å². The van der Waals surface area contributed by atoms with Gasteiger partial charge in [0.1, 0.15) is 18.1 Å². The van der Waals surface area contributed by atoms with E-state index in [1.54, 1.807) is 43.5 Å². The lowest BCUT2D eigenvalue weighted by Crippen LogP contribution is -2.28. The van der Waals surface area contributed by atoms with Gasteiger partial charge in [-0.15, -0.1) is 0 Å². The van der Waals surface area contributed by atoms with Gasteiger partial charge in [-0.1, -0.05) is 12.1 Å². The van der Waals surface area contributed by atoms with E-state index in [-0.39, 0.29) is 17.6 Å². The van der Waals surface area contributed by atoms with Crippen molar-refractivity contribution >= 4 is 17.5 Å². The maximum Gasteiger partial charge on any atom is 0.291 e. The van der Waals surface area contributed by atoms with Crippen molar-refractivity contribution in [2.75, 3.05) is 25.6 Å². The number of methoxy groups -OCH3 is 1. The summed E-state index contributed by atoms with van der Waals surface area (Å²) in [6.07, 6.45) is 1.43. The number of aryl methyl sites for hydroxylation is 1. The molecule has 0 saturated heterocycles. The number of rotatable bonds is 8. The Bertz CT molecular complexity index is 983. The van der Waals surface area contributed by atoms with E-state index in [1.165, 1.54) is 6.26 Å². The first-order valence-corrected chi connectivity index (χ1v) is 9.07. The Balaban J connectivity index is 1.54. The fourth-order valence-electron chi connectivity index (χ4n) is 2.62. The van der Waals surface area contributed by atoms with E-state index in [9.17, 15) is 9.59 Å². The molecule has 0 radical (unpaired) electrons. The number of nitrogens with one attached hydrogen (secondary N) is 2. The van der Waals surface area contributed by atoms with Crippen LogP contribution in [0.15, 0.2) is 65.3 Å². The molecule has 0 atom stereocenters. The van der Waals surface area contributed by atoms with Crippen LogP contribution in [0.5, 0.6) is 11.5 Å². The lowest BCUT2D eigenvalue weighted by Gasteiger charge is -2.11. The predicted octanol–water partition coefficient (Wildman–Crippen LogP) is 3.66. The van der Waals surface area contributed by atoms with Crippen molar-refractivity contribution in [1.29, 1.82) is 0 Å². The molecule has 29 heavy (non-hydrogen) atoms. The van der Waals surface area contributed by atoms with E-state index in [4.69, 9.17) is 13.9 Å². The van der Waals surface area contributed by atoms with Crippen LogP contribution in [0.4, 0.5) is 5.69 Å². The standard InChI is InChI=1S/C22H22N2O5/c1-15-8-9-16(13-19(15)24-22(26)20-7-4-11-29-20)21(25)23-10-12-28-18-6-3-5-17(14-18)27-2/h3-9,11,13-14H,10,12H2,1-2H3,(H,23,25)(H,24,26). The number of carbonyl (C=O) groups excluding carboxylic acids is 2. The second-order valence-electron chi connectivity index (χ2n) is 6.24. The molecule has 0 aliphatic rings. The Hall–Kier alpha value is -3.74. The van der Waals surface area contributed by atoms with Crippen molar-refractivity contribution in [3.05, 3.63) is 77.7 Å². The number of benzene rings is 2. The molecule has 2 amide bonds. The van der Waals surface area contributed by atoms with Gasteiger partial charge < -0.3 is 24.5 Å². The first-order valence-electron chi connectivity index (χ1n) is 9.07. The Kier molecular flexibility index (Phi) is 6.52. The van der Waals surface area contributed by atoms with Gasteiger partial charge in [-0.3, -0.25) is 9.59 Å². The molecule has 2 aromatic carbocycles. The lowest BCUT2D eigenvalue weighted by atomic mass is 10.1. The van der Waals surface area contributed by atoms with Gasteiger partial charge in [-0.05, 0) is 48.9 Å². The number of hydrogen-bond donors (Lipinski definition) is 2. The maximum atomic E-state index is 12.4. The number of amides is 2. The molecule has 1 heterocycles. The van der Waals surface area contributed by atoms with Crippen LogP contribution in [-0.2, 0) is 0 Å². The van der Waals surface area contributed by atoms with Crippen LogP contribution in [0, 0.1) is 6.92 Å². The molecule has 150 valence electrons. The number of hydrogen-bond acceptors (Lipinski definition) is 5. The largest absolute Gasteiger partial charge is 0.497 e. The van der Waals surface area contributed by atoms with Crippen LogP contribution in [0.25, 0.3) is 0 Å². The van der Waals surface area contributed by atoms with Gasteiger partial charge in [0.25, 0.3) is 11.8 Å². The molecule has 0 bridgehead atoms. The lowest BCUT2D eigenvalue weighted by molar-refractivity contribution is 0.0945. The highest BCUT2D eigenvalue weighted by Gasteiger charge is 2.13. The molecule has 0 unspecified atom stereocenters. The van der Waals surface area contributed by atoms with Gasteiger partial charge in [-0.2, -0.15) is 0 Å². The second-order valence-corrected chi connectivity index (χ2v) is 6.24. The molecular weight excluding hydrogens is 372 g/mol. The third kappa shape index (κ3) is 5.38. The molecule has 7 nitrogen and oxygen atoms in total. The quantitative estimate of drug-likeness (QED) is 0.569. The van der Waals surface area contributed by atoms with Crippen molar-refractivity contribution < 1.29 is 23.5 Å². The van der Waals surface area contributed by atoms with E-state index >= 15 is 0 Å². The normalized spacial score (nSPS) is 10.3. The van der Waals surface area contributed by atoms with E-state index in [1.807, 2.05) is 25.1 Å². The number of anilines is 1. The second kappa shape index (κ2) is 9.45. The Morgan fingerprint density at radius 2 is 1.83 bits per heavy atom. The third-order valence-electron chi connectivity index (χ3n) is 4.19. The van der Waals surface area contributed by atoms with Crippen LogP contribution in [0.3, 0.4) is 0 Å². The smallest absolute Gasteiger partial charge is 0.291 e. The van der Waals surface area contributed by atoms with Gasteiger partial charge in [-0.25, -0.2) is 0 Å². The molecule has 0 aliphatic carbocycles. The summed E-state index contributed by atoms with van der Waals surface area (Å²) in [6, 6.07) is 15.6. The molecular formula is C22H22N2O5. The SMILES string of the molecule is COc1cccc(OCCNC(=O)c2ccc(C)c(NC(=O)c3ccco3)c2)c1. The summed E-state index contributed by atoms with van der Waals surface area (Å²) in [7, 11) is 1.59. The summed E-state index contributed by atoms with van der Waals surface area (Å²) in [4.78, 5) is 24.6. The Morgan fingerprint density at radius 3 is 2.59 bits per heavy atom. The van der Waals surface area contributed by atoms with Crippen molar-refractivity contribution in [3.63, 3.8) is 0 Å². The zero-order valence-electron chi connectivity index (χ0n) is 16.2. The van der Waals surface area contributed by atoms with Gasteiger partial charge in [0.2, 0.25) is 0 Å². The zero-order valence-corrected chi connectivity index (χ0v) is 16.2. The van der Waals surface area contributed by atoms with Crippen LogP contribution in [0.2, 0.25) is 0 Å².